The second kappa shape index (κ2) is 5.76. The smallest absolute Gasteiger partial charge is 0.135 e. The molecule has 3 N–H and O–H groups in total. The zero-order chi connectivity index (χ0) is 13.9. The lowest BCUT2D eigenvalue weighted by atomic mass is 10.2. The number of hydrogen-bond donors (Lipinski definition) is 3. The predicted octanol–water partition coefficient (Wildman–Crippen LogP) is 2.67. The molecule has 0 saturated carbocycles. The van der Waals surface area contributed by atoms with Crippen LogP contribution < -0.4 is 16.0 Å². The fourth-order valence-electron chi connectivity index (χ4n) is 1.96. The van der Waals surface area contributed by atoms with Crippen LogP contribution >= 0.6 is 15.9 Å². The number of nitrogens with zero attached hydrogens (tertiary/aromatic N) is 2. The first-order valence-electron chi connectivity index (χ1n) is 6.53. The van der Waals surface area contributed by atoms with Crippen molar-refractivity contribution in [2.45, 2.75) is 13.0 Å². The summed E-state index contributed by atoms with van der Waals surface area (Å²) in [5, 5.41) is 9.88. The summed E-state index contributed by atoms with van der Waals surface area (Å²) in [7, 11) is 0. The normalized spacial score (nSPS) is 14.7. The van der Waals surface area contributed by atoms with Crippen molar-refractivity contribution in [1.82, 2.24) is 15.3 Å². The zero-order valence-electron chi connectivity index (χ0n) is 11.2. The Balaban J connectivity index is 1.74. The highest BCUT2D eigenvalue weighted by Gasteiger charge is 2.16. The third-order valence-electron chi connectivity index (χ3n) is 3.19. The maximum atomic E-state index is 4.25. The lowest BCUT2D eigenvalue weighted by Crippen LogP contribution is -2.51. The van der Waals surface area contributed by atoms with Crippen molar-refractivity contribution in [3.05, 3.63) is 40.6 Å². The molecule has 0 unspecified atom stereocenters. The molecule has 2 heterocycles. The molecular weight excluding hydrogens is 318 g/mol. The van der Waals surface area contributed by atoms with Crippen LogP contribution in [0.4, 0.5) is 17.3 Å². The Morgan fingerprint density at radius 1 is 1.20 bits per heavy atom. The SMILES string of the molecule is Cc1ccc(Nc2cc(NC3CNC3)ncn2)c(Br)c1. The van der Waals surface area contributed by atoms with Crippen LogP contribution in [-0.4, -0.2) is 29.1 Å². The van der Waals surface area contributed by atoms with Gasteiger partial charge in [0.05, 0.1) is 11.7 Å². The third kappa shape index (κ3) is 3.08. The molecule has 1 aromatic carbocycles. The maximum absolute atomic E-state index is 4.25. The van der Waals surface area contributed by atoms with E-state index in [1.807, 2.05) is 12.1 Å². The summed E-state index contributed by atoms with van der Waals surface area (Å²) in [5.41, 5.74) is 2.20. The average Bonchev–Trinajstić information content (AvgIpc) is 2.38. The van der Waals surface area contributed by atoms with Gasteiger partial charge in [-0.15, -0.1) is 0 Å². The number of nitrogens with one attached hydrogen (secondary N) is 3. The van der Waals surface area contributed by atoms with E-state index in [1.165, 1.54) is 5.56 Å². The van der Waals surface area contributed by atoms with E-state index in [0.717, 1.165) is 34.9 Å². The number of rotatable bonds is 4. The first-order chi connectivity index (χ1) is 9.70. The maximum Gasteiger partial charge on any atom is 0.135 e. The number of aryl methyl sites for hydroxylation is 1. The van der Waals surface area contributed by atoms with Crippen molar-refractivity contribution in [1.29, 1.82) is 0 Å². The first-order valence-corrected chi connectivity index (χ1v) is 7.32. The van der Waals surface area contributed by atoms with Gasteiger partial charge in [0.1, 0.15) is 18.0 Å². The van der Waals surface area contributed by atoms with Crippen LogP contribution in [-0.2, 0) is 0 Å². The predicted molar refractivity (Wildman–Crippen MR) is 84.5 cm³/mol. The standard InChI is InChI=1S/C14H16BrN5/c1-9-2-3-12(11(15)4-9)20-14-5-13(17-8-18-14)19-10-6-16-7-10/h2-5,8,10,16H,6-7H2,1H3,(H2,17,18,19,20). The Labute approximate surface area is 126 Å². The van der Waals surface area contributed by atoms with Crippen molar-refractivity contribution >= 4 is 33.3 Å². The molecule has 1 saturated heterocycles. The van der Waals surface area contributed by atoms with Crippen LogP contribution in [0, 0.1) is 6.92 Å². The van der Waals surface area contributed by atoms with Crippen LogP contribution in [0.2, 0.25) is 0 Å². The lowest BCUT2D eigenvalue weighted by molar-refractivity contribution is 0.471. The molecular formula is C14H16BrN5. The molecule has 3 rings (SSSR count). The molecule has 6 heteroatoms. The number of hydrogen-bond acceptors (Lipinski definition) is 5. The minimum absolute atomic E-state index is 0.462. The van der Waals surface area contributed by atoms with Gasteiger partial charge in [-0.3, -0.25) is 0 Å². The zero-order valence-corrected chi connectivity index (χ0v) is 12.7. The van der Waals surface area contributed by atoms with Gasteiger partial charge in [0.15, 0.2) is 0 Å². The quantitative estimate of drug-likeness (QED) is 0.802. The van der Waals surface area contributed by atoms with E-state index in [0.29, 0.717) is 6.04 Å². The van der Waals surface area contributed by atoms with Crippen molar-refractivity contribution in [2.24, 2.45) is 0 Å². The van der Waals surface area contributed by atoms with Gasteiger partial charge in [-0.25, -0.2) is 9.97 Å². The van der Waals surface area contributed by atoms with Crippen molar-refractivity contribution in [3.63, 3.8) is 0 Å². The second-order valence-corrected chi connectivity index (χ2v) is 5.75. The molecule has 1 aromatic heterocycles. The van der Waals surface area contributed by atoms with E-state index in [-0.39, 0.29) is 0 Å². The number of aromatic nitrogens is 2. The summed E-state index contributed by atoms with van der Waals surface area (Å²) in [4.78, 5) is 8.49. The molecule has 0 atom stereocenters. The molecule has 1 aliphatic rings. The minimum Gasteiger partial charge on any atom is -0.365 e. The Kier molecular flexibility index (Phi) is 3.84. The summed E-state index contributed by atoms with van der Waals surface area (Å²) in [5.74, 6) is 1.62. The first kappa shape index (κ1) is 13.3. The van der Waals surface area contributed by atoms with Gasteiger partial charge >= 0.3 is 0 Å². The summed E-state index contributed by atoms with van der Waals surface area (Å²) in [6.45, 7) is 4.03. The summed E-state index contributed by atoms with van der Waals surface area (Å²) < 4.78 is 1.02. The molecule has 20 heavy (non-hydrogen) atoms. The number of anilines is 3. The molecule has 0 aliphatic carbocycles. The highest BCUT2D eigenvalue weighted by atomic mass is 79.9. The largest absolute Gasteiger partial charge is 0.365 e. The molecule has 1 fully saturated rings. The molecule has 0 amide bonds. The van der Waals surface area contributed by atoms with Crippen LogP contribution in [0.15, 0.2) is 35.1 Å². The van der Waals surface area contributed by atoms with Crippen molar-refractivity contribution < 1.29 is 0 Å². The van der Waals surface area contributed by atoms with Crippen LogP contribution in [0.5, 0.6) is 0 Å². The fourth-order valence-corrected chi connectivity index (χ4v) is 2.56. The molecule has 1 aliphatic heterocycles. The Morgan fingerprint density at radius 2 is 2.00 bits per heavy atom. The topological polar surface area (TPSA) is 61.9 Å². The summed E-state index contributed by atoms with van der Waals surface area (Å²) in [6, 6.07) is 8.55. The van der Waals surface area contributed by atoms with Gasteiger partial charge in [0.2, 0.25) is 0 Å². The Morgan fingerprint density at radius 3 is 2.70 bits per heavy atom. The van der Waals surface area contributed by atoms with Gasteiger partial charge in [-0.05, 0) is 40.5 Å². The molecule has 104 valence electrons. The van der Waals surface area contributed by atoms with E-state index in [9.17, 15) is 0 Å². The molecule has 5 nitrogen and oxygen atoms in total. The van der Waals surface area contributed by atoms with Crippen LogP contribution in [0.3, 0.4) is 0 Å². The molecule has 2 aromatic rings. The van der Waals surface area contributed by atoms with E-state index < -0.39 is 0 Å². The van der Waals surface area contributed by atoms with Gasteiger partial charge in [0, 0.05) is 23.6 Å². The number of benzene rings is 1. The summed E-state index contributed by atoms with van der Waals surface area (Å²) >= 11 is 3.55. The van der Waals surface area contributed by atoms with Crippen molar-refractivity contribution in [3.8, 4) is 0 Å². The van der Waals surface area contributed by atoms with E-state index in [1.54, 1.807) is 6.33 Å². The van der Waals surface area contributed by atoms with Crippen LogP contribution in [0.25, 0.3) is 0 Å². The van der Waals surface area contributed by atoms with Gasteiger partial charge < -0.3 is 16.0 Å². The van der Waals surface area contributed by atoms with E-state index in [2.05, 4.69) is 60.9 Å². The van der Waals surface area contributed by atoms with Crippen LogP contribution in [0.1, 0.15) is 5.56 Å². The molecule has 0 radical (unpaired) electrons. The summed E-state index contributed by atoms with van der Waals surface area (Å²) in [6.07, 6.45) is 1.57. The van der Waals surface area contributed by atoms with E-state index >= 15 is 0 Å². The second-order valence-electron chi connectivity index (χ2n) is 4.90. The minimum atomic E-state index is 0.462. The average molecular weight is 334 g/mol. The third-order valence-corrected chi connectivity index (χ3v) is 3.84. The van der Waals surface area contributed by atoms with Gasteiger partial charge in [0.25, 0.3) is 0 Å². The fraction of sp³-hybridized carbons (Fsp3) is 0.286. The van der Waals surface area contributed by atoms with Gasteiger partial charge in [-0.1, -0.05) is 6.07 Å². The van der Waals surface area contributed by atoms with E-state index in [4.69, 9.17) is 0 Å². The number of halogens is 1. The Hall–Kier alpha value is -1.66. The highest BCUT2D eigenvalue weighted by molar-refractivity contribution is 9.10. The molecule has 0 spiro atoms. The molecule has 0 bridgehead atoms. The van der Waals surface area contributed by atoms with Gasteiger partial charge in [-0.2, -0.15) is 0 Å². The highest BCUT2D eigenvalue weighted by Crippen LogP contribution is 2.26. The lowest BCUT2D eigenvalue weighted by Gasteiger charge is -2.28. The van der Waals surface area contributed by atoms with Crippen molar-refractivity contribution in [2.75, 3.05) is 23.7 Å². The monoisotopic (exact) mass is 333 g/mol. The Bertz CT molecular complexity index is 612.